The van der Waals surface area contributed by atoms with Crippen molar-refractivity contribution in [1.29, 1.82) is 0 Å². The van der Waals surface area contributed by atoms with E-state index in [4.69, 9.17) is 0 Å². The van der Waals surface area contributed by atoms with Crippen LogP contribution in [0.15, 0.2) is 59.9 Å². The van der Waals surface area contributed by atoms with Gasteiger partial charge in [0.1, 0.15) is 17.2 Å². The number of allylic oxidation sites excluding steroid dienone is 2. The van der Waals surface area contributed by atoms with Gasteiger partial charge in [-0.3, -0.25) is 9.59 Å². The molecule has 0 amide bonds. The molecule has 4 rings (SSSR count). The number of hydrogen-bond acceptors (Lipinski definition) is 5. The Kier molecular flexibility index (Phi) is 4.49. The van der Waals surface area contributed by atoms with E-state index in [1.54, 1.807) is 36.4 Å². The van der Waals surface area contributed by atoms with Crippen LogP contribution in [0.3, 0.4) is 0 Å². The number of nitrogens with zero attached hydrogens (tertiary/aromatic N) is 2. The summed E-state index contributed by atoms with van der Waals surface area (Å²) in [6.45, 7) is 2.97. The van der Waals surface area contributed by atoms with Crippen molar-refractivity contribution in [2.75, 3.05) is 38.5 Å². The van der Waals surface area contributed by atoms with Gasteiger partial charge in [0.2, 0.25) is 11.6 Å². The van der Waals surface area contributed by atoms with Gasteiger partial charge in [-0.1, -0.05) is 24.3 Å². The van der Waals surface area contributed by atoms with Crippen LogP contribution in [0.5, 0.6) is 0 Å². The lowest BCUT2D eigenvalue weighted by Crippen LogP contribution is -2.47. The number of benzene rings is 2. The van der Waals surface area contributed by atoms with Crippen LogP contribution in [-0.4, -0.2) is 54.6 Å². The molecule has 1 heterocycles. The third-order valence-corrected chi connectivity index (χ3v) is 5.03. The van der Waals surface area contributed by atoms with Crippen molar-refractivity contribution in [2.45, 2.75) is 0 Å². The number of carbonyl (C=O) groups is 2. The Bertz CT molecular complexity index is 929. The SMILES string of the molecule is CN1CCN(C2=C(Nc3ccc(F)cc3)C(=O)c3ccccc3C2=O)CC1. The second kappa shape index (κ2) is 6.96. The summed E-state index contributed by atoms with van der Waals surface area (Å²) in [7, 11) is 2.03. The third-order valence-electron chi connectivity index (χ3n) is 5.03. The van der Waals surface area contributed by atoms with Gasteiger partial charge in [-0.05, 0) is 31.3 Å². The van der Waals surface area contributed by atoms with E-state index >= 15 is 0 Å². The zero-order valence-corrected chi connectivity index (χ0v) is 15.0. The van der Waals surface area contributed by atoms with E-state index in [0.29, 0.717) is 35.6 Å². The molecule has 1 aliphatic carbocycles. The topological polar surface area (TPSA) is 52.6 Å². The Morgan fingerprint density at radius 1 is 0.852 bits per heavy atom. The molecule has 0 radical (unpaired) electrons. The fourth-order valence-electron chi connectivity index (χ4n) is 3.49. The number of halogens is 1. The summed E-state index contributed by atoms with van der Waals surface area (Å²) >= 11 is 0. The summed E-state index contributed by atoms with van der Waals surface area (Å²) in [6.07, 6.45) is 0. The highest BCUT2D eigenvalue weighted by atomic mass is 19.1. The number of piperazine rings is 1. The zero-order valence-electron chi connectivity index (χ0n) is 15.0. The minimum Gasteiger partial charge on any atom is -0.364 e. The molecule has 0 unspecified atom stereocenters. The predicted molar refractivity (Wildman–Crippen MR) is 101 cm³/mol. The number of anilines is 1. The molecule has 0 spiro atoms. The Morgan fingerprint density at radius 3 is 2.07 bits per heavy atom. The summed E-state index contributed by atoms with van der Waals surface area (Å²) in [4.78, 5) is 30.6. The van der Waals surface area contributed by atoms with Crippen molar-refractivity contribution in [1.82, 2.24) is 9.80 Å². The van der Waals surface area contributed by atoms with E-state index in [0.717, 1.165) is 13.1 Å². The molecule has 5 nitrogen and oxygen atoms in total. The standard InChI is InChI=1S/C21H20FN3O2/c1-24-10-12-25(13-11-24)19-18(23-15-8-6-14(22)7-9-15)20(26)16-4-2-3-5-17(16)21(19)27/h2-9,23H,10-13H2,1H3. The van der Waals surface area contributed by atoms with E-state index in [1.807, 2.05) is 11.9 Å². The molecule has 0 aromatic heterocycles. The number of hydrogen-bond donors (Lipinski definition) is 1. The molecular weight excluding hydrogens is 345 g/mol. The maximum Gasteiger partial charge on any atom is 0.212 e. The van der Waals surface area contributed by atoms with Gasteiger partial charge in [0.15, 0.2) is 0 Å². The highest BCUT2D eigenvalue weighted by Crippen LogP contribution is 2.30. The highest BCUT2D eigenvalue weighted by molar-refractivity contribution is 6.27. The number of Topliss-reactive ketones (excluding diaryl/α,β-unsaturated/α-hetero) is 2. The number of rotatable bonds is 3. The van der Waals surface area contributed by atoms with Crippen LogP contribution >= 0.6 is 0 Å². The summed E-state index contributed by atoms with van der Waals surface area (Å²) in [5.74, 6) is -0.729. The van der Waals surface area contributed by atoms with Crippen molar-refractivity contribution in [3.63, 3.8) is 0 Å². The molecule has 1 N–H and O–H groups in total. The van der Waals surface area contributed by atoms with Gasteiger partial charge in [0.05, 0.1) is 0 Å². The smallest absolute Gasteiger partial charge is 0.212 e. The van der Waals surface area contributed by atoms with Crippen molar-refractivity contribution < 1.29 is 14.0 Å². The van der Waals surface area contributed by atoms with Gasteiger partial charge >= 0.3 is 0 Å². The van der Waals surface area contributed by atoms with Crippen molar-refractivity contribution in [3.8, 4) is 0 Å². The van der Waals surface area contributed by atoms with Crippen LogP contribution in [0, 0.1) is 5.82 Å². The van der Waals surface area contributed by atoms with Crippen LogP contribution < -0.4 is 5.32 Å². The Morgan fingerprint density at radius 2 is 1.44 bits per heavy atom. The number of carbonyl (C=O) groups excluding carboxylic acids is 2. The van der Waals surface area contributed by atoms with Crippen LogP contribution in [0.2, 0.25) is 0 Å². The molecule has 0 saturated carbocycles. The average Bonchev–Trinajstić information content (AvgIpc) is 2.69. The maximum absolute atomic E-state index is 13.2. The molecule has 0 bridgehead atoms. The van der Waals surface area contributed by atoms with Gasteiger partial charge in [0, 0.05) is 43.0 Å². The normalized spacial score (nSPS) is 17.9. The summed E-state index contributed by atoms with van der Waals surface area (Å²) in [5.41, 5.74) is 2.05. The zero-order chi connectivity index (χ0) is 19.0. The maximum atomic E-state index is 13.2. The Balaban J connectivity index is 1.79. The van der Waals surface area contributed by atoms with Crippen molar-refractivity contribution >= 4 is 17.3 Å². The van der Waals surface area contributed by atoms with Crippen LogP contribution in [0.1, 0.15) is 20.7 Å². The van der Waals surface area contributed by atoms with E-state index in [1.165, 1.54) is 12.1 Å². The molecule has 1 saturated heterocycles. The van der Waals surface area contributed by atoms with Gasteiger partial charge < -0.3 is 15.1 Å². The number of ketones is 2. The van der Waals surface area contributed by atoms with E-state index in [9.17, 15) is 14.0 Å². The van der Waals surface area contributed by atoms with Crippen LogP contribution in [0.25, 0.3) is 0 Å². The molecule has 2 aliphatic rings. The molecule has 1 aliphatic heterocycles. The lowest BCUT2D eigenvalue weighted by molar-refractivity contribution is 0.0917. The minimum atomic E-state index is -0.356. The summed E-state index contributed by atoms with van der Waals surface area (Å²) in [6, 6.07) is 12.6. The first kappa shape index (κ1) is 17.4. The molecule has 2 aromatic carbocycles. The second-order valence-electron chi connectivity index (χ2n) is 6.85. The predicted octanol–water partition coefficient (Wildman–Crippen LogP) is 2.78. The van der Waals surface area contributed by atoms with Crippen molar-refractivity contribution in [2.24, 2.45) is 0 Å². The Labute approximate surface area is 157 Å². The lowest BCUT2D eigenvalue weighted by Gasteiger charge is -2.37. The summed E-state index contributed by atoms with van der Waals surface area (Å²) in [5, 5.41) is 3.08. The first-order valence-corrected chi connectivity index (χ1v) is 8.93. The molecule has 1 fully saturated rings. The van der Waals surface area contributed by atoms with Gasteiger partial charge in [-0.2, -0.15) is 0 Å². The molecule has 27 heavy (non-hydrogen) atoms. The average molecular weight is 365 g/mol. The lowest BCUT2D eigenvalue weighted by atomic mass is 9.89. The largest absolute Gasteiger partial charge is 0.364 e. The third kappa shape index (κ3) is 3.24. The van der Waals surface area contributed by atoms with E-state index in [-0.39, 0.29) is 23.1 Å². The monoisotopic (exact) mass is 365 g/mol. The number of likely N-dealkylation sites (N-methyl/N-ethyl adjacent to an activating group) is 1. The quantitative estimate of drug-likeness (QED) is 0.907. The molecule has 0 atom stereocenters. The number of fused-ring (bicyclic) bond motifs is 1. The van der Waals surface area contributed by atoms with Crippen LogP contribution in [0.4, 0.5) is 10.1 Å². The molecular formula is C21H20FN3O2. The van der Waals surface area contributed by atoms with Gasteiger partial charge in [-0.25, -0.2) is 4.39 Å². The first-order chi connectivity index (χ1) is 13.0. The fourth-order valence-corrected chi connectivity index (χ4v) is 3.49. The Hall–Kier alpha value is -2.99. The minimum absolute atomic E-state index is 0.153. The molecule has 2 aromatic rings. The number of nitrogens with one attached hydrogen (secondary N) is 1. The first-order valence-electron chi connectivity index (χ1n) is 8.93. The van der Waals surface area contributed by atoms with Gasteiger partial charge in [0.25, 0.3) is 0 Å². The molecule has 6 heteroatoms. The molecule has 138 valence electrons. The van der Waals surface area contributed by atoms with Gasteiger partial charge in [-0.15, -0.1) is 0 Å². The fraction of sp³-hybridized carbons (Fsp3) is 0.238. The van der Waals surface area contributed by atoms with Crippen LogP contribution in [-0.2, 0) is 0 Å². The van der Waals surface area contributed by atoms with Crippen molar-refractivity contribution in [3.05, 3.63) is 76.9 Å². The van der Waals surface area contributed by atoms with E-state index < -0.39 is 0 Å². The summed E-state index contributed by atoms with van der Waals surface area (Å²) < 4.78 is 13.2. The second-order valence-corrected chi connectivity index (χ2v) is 6.85. The van der Waals surface area contributed by atoms with E-state index in [2.05, 4.69) is 10.2 Å². The highest BCUT2D eigenvalue weighted by Gasteiger charge is 2.36.